The third-order valence-electron chi connectivity index (χ3n) is 3.88. The molecule has 2 rings (SSSR count). The predicted molar refractivity (Wildman–Crippen MR) is 87.4 cm³/mol. The molecule has 1 atom stereocenters. The van der Waals surface area contributed by atoms with Crippen molar-refractivity contribution in [3.05, 3.63) is 35.9 Å². The SMILES string of the molecule is CC(CO)(NC(=O)CSC1CCNCC1)c1ccccc1. The van der Waals surface area contributed by atoms with Crippen LogP contribution in [0.4, 0.5) is 0 Å². The number of aliphatic hydroxyl groups is 1. The summed E-state index contributed by atoms with van der Waals surface area (Å²) in [6, 6.07) is 9.61. The van der Waals surface area contributed by atoms with E-state index in [-0.39, 0.29) is 12.5 Å². The van der Waals surface area contributed by atoms with Crippen LogP contribution in [0.15, 0.2) is 30.3 Å². The molecule has 1 amide bonds. The van der Waals surface area contributed by atoms with Gasteiger partial charge >= 0.3 is 0 Å². The summed E-state index contributed by atoms with van der Waals surface area (Å²) >= 11 is 1.72. The van der Waals surface area contributed by atoms with Gasteiger partial charge in [-0.25, -0.2) is 0 Å². The summed E-state index contributed by atoms with van der Waals surface area (Å²) < 4.78 is 0. The number of carbonyl (C=O) groups excluding carboxylic acids is 1. The lowest BCUT2D eigenvalue weighted by Gasteiger charge is -2.30. The van der Waals surface area contributed by atoms with Gasteiger partial charge in [0.15, 0.2) is 0 Å². The Bertz CT molecular complexity index is 449. The molecule has 21 heavy (non-hydrogen) atoms. The van der Waals surface area contributed by atoms with E-state index in [0.717, 1.165) is 31.5 Å². The zero-order valence-electron chi connectivity index (χ0n) is 12.5. The molecule has 0 aliphatic carbocycles. The van der Waals surface area contributed by atoms with Crippen molar-refractivity contribution in [1.29, 1.82) is 0 Å². The Morgan fingerprint density at radius 1 is 1.38 bits per heavy atom. The molecule has 0 bridgehead atoms. The van der Waals surface area contributed by atoms with Crippen LogP contribution < -0.4 is 10.6 Å². The highest BCUT2D eigenvalue weighted by atomic mass is 32.2. The van der Waals surface area contributed by atoms with Crippen molar-refractivity contribution in [2.24, 2.45) is 0 Å². The van der Waals surface area contributed by atoms with Gasteiger partial charge in [-0.2, -0.15) is 0 Å². The number of hydrogen-bond donors (Lipinski definition) is 3. The highest BCUT2D eigenvalue weighted by molar-refractivity contribution is 8.00. The molecule has 1 aliphatic rings. The number of rotatable bonds is 6. The number of carbonyl (C=O) groups is 1. The molecule has 1 unspecified atom stereocenters. The number of thioether (sulfide) groups is 1. The minimum atomic E-state index is -0.715. The van der Waals surface area contributed by atoms with Crippen LogP contribution in [-0.4, -0.2) is 41.7 Å². The highest BCUT2D eigenvalue weighted by Crippen LogP contribution is 2.22. The van der Waals surface area contributed by atoms with E-state index in [1.807, 2.05) is 37.3 Å². The van der Waals surface area contributed by atoms with Gasteiger partial charge in [0.05, 0.1) is 17.9 Å². The lowest BCUT2D eigenvalue weighted by atomic mass is 9.93. The second kappa shape index (κ2) is 7.82. The Balaban J connectivity index is 1.87. The summed E-state index contributed by atoms with van der Waals surface area (Å²) in [6.07, 6.45) is 2.24. The first kappa shape index (κ1) is 16.3. The number of amides is 1. The average Bonchev–Trinajstić information content (AvgIpc) is 2.54. The van der Waals surface area contributed by atoms with Gasteiger partial charge in [-0.3, -0.25) is 4.79 Å². The van der Waals surface area contributed by atoms with Crippen LogP contribution in [0.25, 0.3) is 0 Å². The quantitative estimate of drug-likeness (QED) is 0.745. The molecule has 1 fully saturated rings. The first-order valence-electron chi connectivity index (χ1n) is 7.44. The summed E-state index contributed by atoms with van der Waals surface area (Å²) in [7, 11) is 0. The molecule has 3 N–H and O–H groups in total. The van der Waals surface area contributed by atoms with Crippen molar-refractivity contribution in [3.8, 4) is 0 Å². The molecular weight excluding hydrogens is 284 g/mol. The van der Waals surface area contributed by atoms with Crippen molar-refractivity contribution >= 4 is 17.7 Å². The van der Waals surface area contributed by atoms with Crippen molar-refractivity contribution in [3.63, 3.8) is 0 Å². The maximum atomic E-state index is 12.2. The molecule has 1 heterocycles. The van der Waals surface area contributed by atoms with Gasteiger partial charge in [0.1, 0.15) is 0 Å². The summed E-state index contributed by atoms with van der Waals surface area (Å²) in [5.41, 5.74) is 0.209. The first-order valence-corrected chi connectivity index (χ1v) is 8.48. The predicted octanol–water partition coefficient (Wildman–Crippen LogP) is 1.50. The third-order valence-corrected chi connectivity index (χ3v) is 5.25. The molecule has 1 aliphatic heterocycles. The monoisotopic (exact) mass is 308 g/mol. The number of hydrogen-bond acceptors (Lipinski definition) is 4. The van der Waals surface area contributed by atoms with E-state index in [1.54, 1.807) is 11.8 Å². The Hall–Kier alpha value is -1.04. The standard InChI is InChI=1S/C16H24N2O2S/c1-16(12-19,13-5-3-2-4-6-13)18-15(20)11-21-14-7-9-17-10-8-14/h2-6,14,17,19H,7-12H2,1H3,(H,18,20). The highest BCUT2D eigenvalue weighted by Gasteiger charge is 2.28. The van der Waals surface area contributed by atoms with E-state index in [2.05, 4.69) is 10.6 Å². The van der Waals surface area contributed by atoms with Crippen molar-refractivity contribution in [2.45, 2.75) is 30.6 Å². The van der Waals surface area contributed by atoms with Crippen LogP contribution in [0.2, 0.25) is 0 Å². The fourth-order valence-corrected chi connectivity index (χ4v) is 3.54. The van der Waals surface area contributed by atoms with E-state index >= 15 is 0 Å². The molecular formula is C16H24N2O2S. The average molecular weight is 308 g/mol. The second-order valence-electron chi connectivity index (χ2n) is 5.66. The minimum absolute atomic E-state index is 0.0149. The van der Waals surface area contributed by atoms with Gasteiger partial charge in [-0.15, -0.1) is 11.8 Å². The van der Waals surface area contributed by atoms with Crippen molar-refractivity contribution < 1.29 is 9.90 Å². The van der Waals surface area contributed by atoms with Crippen LogP contribution >= 0.6 is 11.8 Å². The molecule has 0 radical (unpaired) electrons. The Morgan fingerprint density at radius 2 is 2.05 bits per heavy atom. The molecule has 1 saturated heterocycles. The molecule has 0 aromatic heterocycles. The lowest BCUT2D eigenvalue weighted by molar-refractivity contribution is -0.121. The summed E-state index contributed by atoms with van der Waals surface area (Å²) in [5, 5.41) is 16.5. The van der Waals surface area contributed by atoms with Gasteiger partial charge in [0.25, 0.3) is 0 Å². The number of benzene rings is 1. The van der Waals surface area contributed by atoms with E-state index in [1.165, 1.54) is 0 Å². The molecule has 116 valence electrons. The van der Waals surface area contributed by atoms with Crippen molar-refractivity contribution in [1.82, 2.24) is 10.6 Å². The summed E-state index contributed by atoms with van der Waals surface area (Å²) in [5.74, 6) is 0.437. The van der Waals surface area contributed by atoms with Crippen molar-refractivity contribution in [2.75, 3.05) is 25.4 Å². The second-order valence-corrected chi connectivity index (χ2v) is 6.95. The zero-order valence-corrected chi connectivity index (χ0v) is 13.3. The topological polar surface area (TPSA) is 61.4 Å². The number of nitrogens with one attached hydrogen (secondary N) is 2. The Kier molecular flexibility index (Phi) is 6.08. The van der Waals surface area contributed by atoms with Crippen LogP contribution in [0.1, 0.15) is 25.3 Å². The molecule has 0 saturated carbocycles. The molecule has 1 aromatic carbocycles. The Labute approximate surface area is 130 Å². The maximum absolute atomic E-state index is 12.2. The van der Waals surface area contributed by atoms with Crippen LogP contribution in [0.3, 0.4) is 0 Å². The van der Waals surface area contributed by atoms with E-state index in [0.29, 0.717) is 11.0 Å². The van der Waals surface area contributed by atoms with E-state index < -0.39 is 5.54 Å². The molecule has 1 aromatic rings. The van der Waals surface area contributed by atoms with Crippen LogP contribution in [0.5, 0.6) is 0 Å². The molecule has 5 heteroatoms. The number of aliphatic hydroxyl groups excluding tert-OH is 1. The zero-order chi connectivity index (χ0) is 15.1. The molecule has 4 nitrogen and oxygen atoms in total. The normalized spacial score (nSPS) is 19.0. The first-order chi connectivity index (χ1) is 10.1. The van der Waals surface area contributed by atoms with Gasteiger partial charge in [0, 0.05) is 5.25 Å². The van der Waals surface area contributed by atoms with Gasteiger partial charge in [0.2, 0.25) is 5.91 Å². The third kappa shape index (κ3) is 4.73. The van der Waals surface area contributed by atoms with Gasteiger partial charge in [-0.05, 0) is 38.4 Å². The molecule has 0 spiro atoms. The largest absolute Gasteiger partial charge is 0.394 e. The fourth-order valence-electron chi connectivity index (χ4n) is 2.51. The smallest absolute Gasteiger partial charge is 0.230 e. The summed E-state index contributed by atoms with van der Waals surface area (Å²) in [6.45, 7) is 3.82. The Morgan fingerprint density at radius 3 is 2.67 bits per heavy atom. The van der Waals surface area contributed by atoms with E-state index in [9.17, 15) is 9.90 Å². The maximum Gasteiger partial charge on any atom is 0.230 e. The lowest BCUT2D eigenvalue weighted by Crippen LogP contribution is -2.47. The van der Waals surface area contributed by atoms with Gasteiger partial charge < -0.3 is 15.7 Å². The van der Waals surface area contributed by atoms with E-state index in [4.69, 9.17) is 0 Å². The fraction of sp³-hybridized carbons (Fsp3) is 0.562. The van der Waals surface area contributed by atoms with Crippen LogP contribution in [-0.2, 0) is 10.3 Å². The van der Waals surface area contributed by atoms with Crippen LogP contribution in [0, 0.1) is 0 Å². The summed E-state index contributed by atoms with van der Waals surface area (Å²) in [4.78, 5) is 12.2. The van der Waals surface area contributed by atoms with Gasteiger partial charge in [-0.1, -0.05) is 30.3 Å². The number of piperidine rings is 1. The minimum Gasteiger partial charge on any atom is -0.394 e.